The van der Waals surface area contributed by atoms with Crippen LogP contribution in [-0.4, -0.2) is 12.5 Å². The van der Waals surface area contributed by atoms with Gasteiger partial charge in [0.25, 0.3) is 0 Å². The lowest BCUT2D eigenvalue weighted by atomic mass is 9.99. The molecule has 0 saturated carbocycles. The van der Waals surface area contributed by atoms with E-state index in [1.165, 1.54) is 0 Å². The molecule has 0 aromatic heterocycles. The van der Waals surface area contributed by atoms with Crippen molar-refractivity contribution in [2.24, 2.45) is 11.7 Å². The topological polar surface area (TPSA) is 81.1 Å². The lowest BCUT2D eigenvalue weighted by molar-refractivity contribution is -0.120. The maximum absolute atomic E-state index is 12.0. The molecule has 5 N–H and O–H groups in total. The van der Waals surface area contributed by atoms with E-state index in [9.17, 15) is 4.79 Å². The van der Waals surface area contributed by atoms with Crippen LogP contribution < -0.4 is 16.8 Å². The molecule has 0 aliphatic carbocycles. The van der Waals surface area contributed by atoms with Gasteiger partial charge in [0.05, 0.1) is 0 Å². The lowest BCUT2D eigenvalue weighted by Crippen LogP contribution is -2.23. The number of amides is 1. The van der Waals surface area contributed by atoms with Crippen molar-refractivity contribution in [3.8, 4) is 0 Å². The number of benzene rings is 1. The summed E-state index contributed by atoms with van der Waals surface area (Å²) < 4.78 is 0. The Morgan fingerprint density at radius 2 is 2.24 bits per heavy atom. The largest absolute Gasteiger partial charge is 0.399 e. The summed E-state index contributed by atoms with van der Waals surface area (Å²) in [5.74, 6) is 0.0755. The Morgan fingerprint density at radius 1 is 1.47 bits per heavy atom. The lowest BCUT2D eigenvalue weighted by Gasteiger charge is -2.14. The van der Waals surface area contributed by atoms with Gasteiger partial charge in [0.2, 0.25) is 5.91 Å². The minimum Gasteiger partial charge on any atom is -0.399 e. The van der Waals surface area contributed by atoms with Crippen molar-refractivity contribution in [1.82, 2.24) is 0 Å². The van der Waals surface area contributed by atoms with Gasteiger partial charge in [-0.05, 0) is 44.0 Å². The second-order valence-corrected chi connectivity index (χ2v) is 4.15. The highest BCUT2D eigenvalue weighted by Gasteiger charge is 2.15. The van der Waals surface area contributed by atoms with E-state index < -0.39 is 0 Å². The molecule has 0 spiro atoms. The van der Waals surface area contributed by atoms with Gasteiger partial charge in [-0.1, -0.05) is 13.0 Å². The summed E-state index contributed by atoms with van der Waals surface area (Å²) in [6, 6.07) is 7.21. The molecule has 1 aromatic carbocycles. The molecule has 0 saturated heterocycles. The molecule has 17 heavy (non-hydrogen) atoms. The van der Waals surface area contributed by atoms with Gasteiger partial charge in [0.15, 0.2) is 0 Å². The molecule has 4 heteroatoms. The van der Waals surface area contributed by atoms with Crippen LogP contribution in [0.3, 0.4) is 0 Å². The SMILES string of the molecule is CCC(CCCN)C(=O)Nc1cccc(N)c1. The molecule has 4 nitrogen and oxygen atoms in total. The first-order valence-electron chi connectivity index (χ1n) is 6.03. The summed E-state index contributed by atoms with van der Waals surface area (Å²) in [6.45, 7) is 2.64. The van der Waals surface area contributed by atoms with Crippen molar-refractivity contribution in [1.29, 1.82) is 0 Å². The number of rotatable bonds is 6. The average molecular weight is 235 g/mol. The fraction of sp³-hybridized carbons (Fsp3) is 0.462. The zero-order chi connectivity index (χ0) is 12.7. The van der Waals surface area contributed by atoms with Crippen molar-refractivity contribution in [3.05, 3.63) is 24.3 Å². The number of carbonyl (C=O) groups excluding carboxylic acids is 1. The molecular weight excluding hydrogens is 214 g/mol. The fourth-order valence-corrected chi connectivity index (χ4v) is 1.75. The molecular formula is C13H21N3O. The zero-order valence-electron chi connectivity index (χ0n) is 10.3. The molecule has 94 valence electrons. The normalized spacial score (nSPS) is 12.1. The predicted molar refractivity (Wildman–Crippen MR) is 71.6 cm³/mol. The van der Waals surface area contributed by atoms with Crippen molar-refractivity contribution in [2.75, 3.05) is 17.6 Å². The second kappa shape index (κ2) is 6.91. The van der Waals surface area contributed by atoms with Gasteiger partial charge in [-0.25, -0.2) is 0 Å². The molecule has 0 aliphatic rings. The number of nitrogens with one attached hydrogen (secondary N) is 1. The molecule has 0 bridgehead atoms. The van der Waals surface area contributed by atoms with Crippen molar-refractivity contribution >= 4 is 17.3 Å². The minimum absolute atomic E-state index is 0.0278. The van der Waals surface area contributed by atoms with Crippen LogP contribution in [0.25, 0.3) is 0 Å². The Kier molecular flexibility index (Phi) is 5.49. The van der Waals surface area contributed by atoms with E-state index in [2.05, 4.69) is 5.32 Å². The van der Waals surface area contributed by atoms with E-state index in [4.69, 9.17) is 11.5 Å². The van der Waals surface area contributed by atoms with Gasteiger partial charge in [-0.2, -0.15) is 0 Å². The standard InChI is InChI=1S/C13H21N3O/c1-2-10(5-4-8-14)13(17)16-12-7-3-6-11(15)9-12/h3,6-7,9-10H,2,4-5,8,14-15H2,1H3,(H,16,17). The molecule has 0 aliphatic heterocycles. The van der Waals surface area contributed by atoms with Crippen LogP contribution in [0.4, 0.5) is 11.4 Å². The Hall–Kier alpha value is -1.55. The van der Waals surface area contributed by atoms with Crippen LogP contribution >= 0.6 is 0 Å². The Bertz CT molecular complexity index is 365. The fourth-order valence-electron chi connectivity index (χ4n) is 1.75. The Balaban J connectivity index is 2.57. The molecule has 0 heterocycles. The van der Waals surface area contributed by atoms with Gasteiger partial charge < -0.3 is 16.8 Å². The Morgan fingerprint density at radius 3 is 2.82 bits per heavy atom. The molecule has 1 atom stereocenters. The van der Waals surface area contributed by atoms with Crippen molar-refractivity contribution in [2.45, 2.75) is 26.2 Å². The summed E-state index contributed by atoms with van der Waals surface area (Å²) in [7, 11) is 0. The van der Waals surface area contributed by atoms with E-state index >= 15 is 0 Å². The third kappa shape index (κ3) is 4.44. The monoisotopic (exact) mass is 235 g/mol. The first-order chi connectivity index (χ1) is 8.17. The number of hydrogen-bond donors (Lipinski definition) is 3. The number of anilines is 2. The van der Waals surface area contributed by atoms with Crippen LogP contribution in [0, 0.1) is 5.92 Å². The minimum atomic E-state index is 0.0278. The van der Waals surface area contributed by atoms with Crippen molar-refractivity contribution in [3.63, 3.8) is 0 Å². The molecule has 1 unspecified atom stereocenters. The summed E-state index contributed by atoms with van der Waals surface area (Å²) in [4.78, 5) is 12.0. The molecule has 0 radical (unpaired) electrons. The zero-order valence-corrected chi connectivity index (χ0v) is 10.3. The maximum atomic E-state index is 12.0. The van der Waals surface area contributed by atoms with Crippen LogP contribution in [0.1, 0.15) is 26.2 Å². The van der Waals surface area contributed by atoms with Gasteiger partial charge in [-0.15, -0.1) is 0 Å². The quantitative estimate of drug-likeness (QED) is 0.659. The highest BCUT2D eigenvalue weighted by Crippen LogP contribution is 2.16. The van der Waals surface area contributed by atoms with E-state index in [1.54, 1.807) is 12.1 Å². The predicted octanol–water partition coefficient (Wildman–Crippen LogP) is 1.97. The van der Waals surface area contributed by atoms with E-state index in [1.807, 2.05) is 19.1 Å². The number of nitrogen functional groups attached to an aromatic ring is 1. The van der Waals surface area contributed by atoms with Gasteiger partial charge in [0.1, 0.15) is 0 Å². The number of carbonyl (C=O) groups is 1. The highest BCUT2D eigenvalue weighted by atomic mass is 16.1. The summed E-state index contributed by atoms with van der Waals surface area (Å²) in [5.41, 5.74) is 12.5. The van der Waals surface area contributed by atoms with Gasteiger partial charge in [0, 0.05) is 17.3 Å². The molecule has 0 fully saturated rings. The van der Waals surface area contributed by atoms with Crippen molar-refractivity contribution < 1.29 is 4.79 Å². The van der Waals surface area contributed by atoms with Gasteiger partial charge in [-0.3, -0.25) is 4.79 Å². The van der Waals surface area contributed by atoms with E-state index in [0.717, 1.165) is 24.9 Å². The Labute approximate surface area is 102 Å². The summed E-state index contributed by atoms with van der Waals surface area (Å²) in [5, 5.41) is 2.88. The maximum Gasteiger partial charge on any atom is 0.227 e. The molecule has 1 rings (SSSR count). The number of hydrogen-bond acceptors (Lipinski definition) is 3. The molecule has 1 amide bonds. The smallest absolute Gasteiger partial charge is 0.227 e. The van der Waals surface area contributed by atoms with Crippen LogP contribution in [0.2, 0.25) is 0 Å². The van der Waals surface area contributed by atoms with E-state index in [-0.39, 0.29) is 11.8 Å². The highest BCUT2D eigenvalue weighted by molar-refractivity contribution is 5.92. The second-order valence-electron chi connectivity index (χ2n) is 4.15. The van der Waals surface area contributed by atoms with Crippen LogP contribution in [0.5, 0.6) is 0 Å². The summed E-state index contributed by atoms with van der Waals surface area (Å²) >= 11 is 0. The first-order valence-corrected chi connectivity index (χ1v) is 6.03. The van der Waals surface area contributed by atoms with Crippen LogP contribution in [0.15, 0.2) is 24.3 Å². The molecule has 1 aromatic rings. The third-order valence-electron chi connectivity index (χ3n) is 2.77. The van der Waals surface area contributed by atoms with E-state index in [0.29, 0.717) is 12.2 Å². The summed E-state index contributed by atoms with van der Waals surface area (Å²) in [6.07, 6.45) is 2.54. The first kappa shape index (κ1) is 13.5. The average Bonchev–Trinajstić information content (AvgIpc) is 2.30. The van der Waals surface area contributed by atoms with Gasteiger partial charge >= 0.3 is 0 Å². The third-order valence-corrected chi connectivity index (χ3v) is 2.77. The number of nitrogens with two attached hydrogens (primary N) is 2. The van der Waals surface area contributed by atoms with Crippen LogP contribution in [-0.2, 0) is 4.79 Å².